The van der Waals surface area contributed by atoms with Gasteiger partial charge in [0.25, 0.3) is 0 Å². The number of hydrogen-bond acceptors (Lipinski definition) is 4. The number of hydrogen-bond donors (Lipinski definition) is 2. The van der Waals surface area contributed by atoms with Gasteiger partial charge in [0.2, 0.25) is 10.0 Å². The smallest absolute Gasteiger partial charge is 0.245 e. The van der Waals surface area contributed by atoms with E-state index in [0.29, 0.717) is 0 Å². The van der Waals surface area contributed by atoms with E-state index in [0.717, 1.165) is 0 Å². The van der Waals surface area contributed by atoms with Gasteiger partial charge in [0.1, 0.15) is 0 Å². The summed E-state index contributed by atoms with van der Waals surface area (Å²) >= 11 is 3.16. The summed E-state index contributed by atoms with van der Waals surface area (Å²) in [6, 6.07) is 0. The van der Waals surface area contributed by atoms with Crippen LogP contribution in [0, 0.1) is 0 Å². The molecule has 4 nitrogen and oxygen atoms in total. The molecule has 0 aliphatic heterocycles. The molecule has 0 saturated carbocycles. The van der Waals surface area contributed by atoms with Crippen molar-refractivity contribution in [1.29, 1.82) is 0 Å². The van der Waals surface area contributed by atoms with E-state index in [1.807, 2.05) is 0 Å². The minimum absolute atomic E-state index is 0.0903. The second kappa shape index (κ2) is 2.67. The summed E-state index contributed by atoms with van der Waals surface area (Å²) in [5.74, 6) is -0.146. The van der Waals surface area contributed by atoms with Gasteiger partial charge in [0.15, 0.2) is 0 Å². The lowest BCUT2D eigenvalue weighted by Crippen LogP contribution is -2.19. The van der Waals surface area contributed by atoms with Gasteiger partial charge in [-0.2, -0.15) is 0 Å². The zero-order chi connectivity index (χ0) is 6.78. The van der Waals surface area contributed by atoms with Gasteiger partial charge in [-0.15, -0.1) is 0 Å². The summed E-state index contributed by atoms with van der Waals surface area (Å²) in [6.45, 7) is 1.41. The van der Waals surface area contributed by atoms with Crippen LogP contribution >= 0.6 is 12.8 Å². The average molecular weight is 157 g/mol. The summed E-state index contributed by atoms with van der Waals surface area (Å²) in [4.78, 5) is 0. The first-order chi connectivity index (χ1) is 3.50. The minimum atomic E-state index is -3.48. The van der Waals surface area contributed by atoms with E-state index < -0.39 is 10.0 Å². The van der Waals surface area contributed by atoms with Crippen LogP contribution in [0.25, 0.3) is 0 Å². The highest BCUT2D eigenvalue weighted by atomic mass is 32.3. The van der Waals surface area contributed by atoms with Crippen LogP contribution in [0.1, 0.15) is 6.92 Å². The predicted octanol–water partition coefficient (Wildman–Crippen LogP) is -0.128. The molecule has 0 spiro atoms. The van der Waals surface area contributed by atoms with E-state index in [-0.39, 0.29) is 9.63 Å². The van der Waals surface area contributed by atoms with Crippen molar-refractivity contribution < 1.29 is 13.6 Å². The topological polar surface area (TPSA) is 57.6 Å². The van der Waals surface area contributed by atoms with E-state index in [2.05, 4.69) is 12.8 Å². The Kier molecular flexibility index (Phi) is 2.75. The van der Waals surface area contributed by atoms with Crippen LogP contribution in [-0.2, 0) is 10.0 Å². The maximum Gasteiger partial charge on any atom is 0.245 e. The van der Waals surface area contributed by atoms with Crippen LogP contribution < -0.4 is 0 Å². The van der Waals surface area contributed by atoms with Crippen molar-refractivity contribution >= 4 is 22.8 Å². The third kappa shape index (κ3) is 1.99. The lowest BCUT2D eigenvalue weighted by molar-refractivity contribution is 0.112. The predicted molar refractivity (Wildman–Crippen MR) is 32.1 cm³/mol. The molecular weight excluding hydrogens is 150 g/mol. The normalized spacial score (nSPS) is 12.5. The first-order valence-corrected chi connectivity index (χ1v) is 3.92. The molecule has 0 aliphatic carbocycles. The van der Waals surface area contributed by atoms with Crippen LogP contribution in [0.4, 0.5) is 0 Å². The molecule has 50 valence electrons. The highest BCUT2D eigenvalue weighted by Gasteiger charge is 2.11. The molecule has 0 unspecified atom stereocenters. The third-order valence-corrected chi connectivity index (χ3v) is 2.59. The Morgan fingerprint density at radius 2 is 2.12 bits per heavy atom. The Balaban J connectivity index is 4.17. The number of nitrogens with zero attached hydrogens (tertiary/aromatic N) is 1. The average Bonchev–Trinajstić information content (AvgIpc) is 1.67. The van der Waals surface area contributed by atoms with Crippen molar-refractivity contribution in [2.75, 3.05) is 5.75 Å². The van der Waals surface area contributed by atoms with Crippen molar-refractivity contribution in [2.24, 2.45) is 0 Å². The van der Waals surface area contributed by atoms with E-state index in [4.69, 9.17) is 5.21 Å². The fourth-order valence-corrected chi connectivity index (χ4v) is 0.693. The van der Waals surface area contributed by atoms with Crippen LogP contribution in [0.2, 0.25) is 0 Å². The summed E-state index contributed by atoms with van der Waals surface area (Å²) in [7, 11) is -3.48. The quantitative estimate of drug-likeness (QED) is 0.433. The SMILES string of the molecule is CCS(=O)(=O)N(O)S. The molecule has 0 bridgehead atoms. The largest absolute Gasteiger partial charge is 0.289 e. The number of thiol groups is 1. The van der Waals surface area contributed by atoms with Gasteiger partial charge in [-0.1, -0.05) is 12.8 Å². The Hall–Kier alpha value is 0.220. The first-order valence-electron chi connectivity index (χ1n) is 1.91. The molecule has 0 amide bonds. The summed E-state index contributed by atoms with van der Waals surface area (Å²) in [5, 5.41) is 8.19. The van der Waals surface area contributed by atoms with Gasteiger partial charge >= 0.3 is 0 Å². The van der Waals surface area contributed by atoms with Crippen LogP contribution in [-0.4, -0.2) is 23.3 Å². The van der Waals surface area contributed by atoms with Gasteiger partial charge in [0.05, 0.1) is 5.75 Å². The summed E-state index contributed by atoms with van der Waals surface area (Å²) in [5.41, 5.74) is 0. The van der Waals surface area contributed by atoms with Crippen molar-refractivity contribution in [3.63, 3.8) is 0 Å². The van der Waals surface area contributed by atoms with Gasteiger partial charge in [-0.25, -0.2) is 8.42 Å². The molecule has 0 aliphatic rings. The maximum atomic E-state index is 10.3. The van der Waals surface area contributed by atoms with E-state index >= 15 is 0 Å². The van der Waals surface area contributed by atoms with E-state index in [1.54, 1.807) is 0 Å². The molecule has 6 heteroatoms. The van der Waals surface area contributed by atoms with Crippen molar-refractivity contribution in [3.8, 4) is 0 Å². The molecule has 0 atom stereocenters. The molecule has 0 aromatic rings. The molecule has 0 aromatic heterocycles. The Morgan fingerprint density at radius 3 is 2.12 bits per heavy atom. The van der Waals surface area contributed by atoms with Gasteiger partial charge in [-0.05, 0) is 10.8 Å². The maximum absolute atomic E-state index is 10.3. The second-order valence-electron chi connectivity index (χ2n) is 1.12. The molecule has 0 radical (unpaired) electrons. The molecule has 0 saturated heterocycles. The standard InChI is InChI=1S/C2H7NO3S2/c1-2-8(5,6)3(4)7/h4,7H,2H2,1H3. The fourth-order valence-electron chi connectivity index (χ4n) is 0.115. The number of sulfonamides is 1. The van der Waals surface area contributed by atoms with Crippen LogP contribution in [0.3, 0.4) is 0 Å². The Morgan fingerprint density at radius 1 is 1.75 bits per heavy atom. The summed E-state index contributed by atoms with van der Waals surface area (Å²) in [6.07, 6.45) is 0. The zero-order valence-electron chi connectivity index (χ0n) is 4.27. The van der Waals surface area contributed by atoms with Crippen LogP contribution in [0.5, 0.6) is 0 Å². The third-order valence-electron chi connectivity index (χ3n) is 0.614. The first kappa shape index (κ1) is 8.22. The van der Waals surface area contributed by atoms with Gasteiger partial charge in [-0.3, -0.25) is 5.21 Å². The molecule has 1 N–H and O–H groups in total. The fraction of sp³-hybridized carbons (Fsp3) is 1.00. The van der Waals surface area contributed by atoms with E-state index in [9.17, 15) is 8.42 Å². The molecule has 8 heavy (non-hydrogen) atoms. The second-order valence-corrected chi connectivity index (χ2v) is 3.86. The molecule has 0 aromatic carbocycles. The van der Waals surface area contributed by atoms with Gasteiger partial charge in [0, 0.05) is 0 Å². The minimum Gasteiger partial charge on any atom is -0.289 e. The molecular formula is C2H7NO3S2. The van der Waals surface area contributed by atoms with Crippen molar-refractivity contribution in [3.05, 3.63) is 0 Å². The Labute approximate surface area is 53.7 Å². The van der Waals surface area contributed by atoms with Crippen molar-refractivity contribution in [1.82, 2.24) is 3.87 Å². The highest BCUT2D eigenvalue weighted by molar-refractivity contribution is 7.99. The monoisotopic (exact) mass is 157 g/mol. The lowest BCUT2D eigenvalue weighted by Gasteiger charge is -2.03. The summed E-state index contributed by atoms with van der Waals surface area (Å²) < 4.78 is 20.5. The number of rotatable bonds is 2. The molecule has 0 rings (SSSR count). The Bertz CT molecular complexity index is 149. The zero-order valence-corrected chi connectivity index (χ0v) is 5.98. The molecule has 0 fully saturated rings. The molecule has 0 heterocycles. The van der Waals surface area contributed by atoms with E-state index in [1.165, 1.54) is 6.92 Å². The van der Waals surface area contributed by atoms with Gasteiger partial charge < -0.3 is 0 Å². The van der Waals surface area contributed by atoms with Crippen molar-refractivity contribution in [2.45, 2.75) is 6.92 Å². The lowest BCUT2D eigenvalue weighted by atomic mass is 11.0. The van der Waals surface area contributed by atoms with Crippen LogP contribution in [0.15, 0.2) is 0 Å². The highest BCUT2D eigenvalue weighted by Crippen LogP contribution is 1.97.